The second-order valence-corrected chi connectivity index (χ2v) is 6.29. The number of nitrogens with zero attached hydrogens (tertiary/aromatic N) is 2. The first-order valence-corrected chi connectivity index (χ1v) is 8.31. The van der Waals surface area contributed by atoms with Crippen molar-refractivity contribution in [1.29, 1.82) is 0 Å². The van der Waals surface area contributed by atoms with E-state index in [2.05, 4.69) is 15.0 Å². The predicted octanol–water partition coefficient (Wildman–Crippen LogP) is 1.51. The van der Waals surface area contributed by atoms with E-state index in [1.807, 2.05) is 6.92 Å². The molecule has 24 heavy (non-hydrogen) atoms. The monoisotopic (exact) mass is 344 g/mol. The summed E-state index contributed by atoms with van der Waals surface area (Å²) in [5, 5.41) is 1.80. The molecule has 3 rings (SSSR count). The van der Waals surface area contributed by atoms with Gasteiger partial charge >= 0.3 is 0 Å². The number of pyridine rings is 1. The molecule has 0 aliphatic rings. The van der Waals surface area contributed by atoms with Gasteiger partial charge < -0.3 is 14.9 Å². The molecule has 0 spiro atoms. The summed E-state index contributed by atoms with van der Waals surface area (Å²) in [5.74, 6) is 0.181. The number of thiophene rings is 1. The summed E-state index contributed by atoms with van der Waals surface area (Å²) < 4.78 is 0.571. The molecule has 0 saturated heterocycles. The molecule has 1 amide bonds. The molecule has 0 aliphatic heterocycles. The number of amides is 1. The Labute approximate surface area is 141 Å². The molecule has 0 fully saturated rings. The normalized spacial score (nSPS) is 10.9. The van der Waals surface area contributed by atoms with E-state index in [1.54, 1.807) is 18.5 Å². The summed E-state index contributed by atoms with van der Waals surface area (Å²) in [6.45, 7) is 2.04. The highest BCUT2D eigenvalue weighted by Crippen LogP contribution is 2.15. The van der Waals surface area contributed by atoms with Crippen LogP contribution in [0.2, 0.25) is 0 Å². The van der Waals surface area contributed by atoms with Gasteiger partial charge in [0, 0.05) is 18.8 Å². The summed E-state index contributed by atoms with van der Waals surface area (Å²) in [5.41, 5.74) is 1.22. The lowest BCUT2D eigenvalue weighted by Crippen LogP contribution is -2.30. The van der Waals surface area contributed by atoms with Gasteiger partial charge in [-0.2, -0.15) is 0 Å². The summed E-state index contributed by atoms with van der Waals surface area (Å²) >= 11 is 1.33. The topological polar surface area (TPSA) is 98.9 Å². The molecule has 3 aromatic heterocycles. The van der Waals surface area contributed by atoms with Gasteiger partial charge in [-0.25, -0.2) is 4.98 Å². The molecular weight excluding hydrogens is 328 g/mol. The van der Waals surface area contributed by atoms with Crippen LogP contribution in [0, 0.1) is 0 Å². The molecule has 0 atom stereocenters. The van der Waals surface area contributed by atoms with E-state index in [-0.39, 0.29) is 23.6 Å². The summed E-state index contributed by atoms with van der Waals surface area (Å²) in [6, 6.07) is 4.63. The minimum atomic E-state index is -0.240. The molecule has 124 valence electrons. The van der Waals surface area contributed by atoms with Gasteiger partial charge in [0.1, 0.15) is 10.5 Å². The van der Waals surface area contributed by atoms with Crippen LogP contribution < -0.4 is 11.1 Å². The lowest BCUT2D eigenvalue weighted by atomic mass is 10.1. The fraction of sp³-hybridized carbons (Fsp3) is 0.250. The number of carbonyl (C=O) groups is 1. The Kier molecular flexibility index (Phi) is 4.30. The number of hydrogen-bond acceptors (Lipinski definition) is 5. The number of nitrogens with one attached hydrogen (secondary N) is 2. The van der Waals surface area contributed by atoms with Crippen LogP contribution in [0.5, 0.6) is 0 Å². The zero-order valence-corrected chi connectivity index (χ0v) is 14.1. The second-order valence-electron chi connectivity index (χ2n) is 5.38. The minimum absolute atomic E-state index is 0.169. The van der Waals surface area contributed by atoms with Crippen LogP contribution in [0.3, 0.4) is 0 Å². The van der Waals surface area contributed by atoms with Crippen molar-refractivity contribution in [3.05, 3.63) is 61.4 Å². The largest absolute Gasteiger partial charge is 0.334 e. The van der Waals surface area contributed by atoms with Crippen molar-refractivity contribution in [1.82, 2.24) is 19.9 Å². The maximum atomic E-state index is 12.6. The van der Waals surface area contributed by atoms with Crippen molar-refractivity contribution < 1.29 is 4.79 Å². The van der Waals surface area contributed by atoms with E-state index in [0.717, 1.165) is 0 Å². The Balaban J connectivity index is 1.88. The van der Waals surface area contributed by atoms with E-state index in [1.165, 1.54) is 28.4 Å². The van der Waals surface area contributed by atoms with Crippen molar-refractivity contribution in [3.8, 4) is 0 Å². The maximum absolute atomic E-state index is 12.6. The van der Waals surface area contributed by atoms with Crippen LogP contribution in [0.1, 0.15) is 28.8 Å². The van der Waals surface area contributed by atoms with Gasteiger partial charge in [-0.3, -0.25) is 14.4 Å². The highest BCUT2D eigenvalue weighted by molar-refractivity contribution is 7.17. The van der Waals surface area contributed by atoms with E-state index in [9.17, 15) is 14.4 Å². The first-order valence-electron chi connectivity index (χ1n) is 7.43. The van der Waals surface area contributed by atoms with Gasteiger partial charge in [-0.05, 0) is 23.9 Å². The van der Waals surface area contributed by atoms with Crippen molar-refractivity contribution in [2.24, 2.45) is 0 Å². The SMILES string of the molecule is CCc1[nH]c(=O)ccc1C(=O)N(C)Cc1nc2ccsc2c(=O)[nH]1. The molecule has 0 aromatic carbocycles. The van der Waals surface area contributed by atoms with Crippen LogP contribution in [-0.4, -0.2) is 32.8 Å². The smallest absolute Gasteiger partial charge is 0.268 e. The van der Waals surface area contributed by atoms with Crippen LogP contribution in [-0.2, 0) is 13.0 Å². The Morgan fingerprint density at radius 2 is 2.04 bits per heavy atom. The Morgan fingerprint density at radius 1 is 1.25 bits per heavy atom. The number of fused-ring (bicyclic) bond motifs is 1. The van der Waals surface area contributed by atoms with Crippen molar-refractivity contribution >= 4 is 27.5 Å². The van der Waals surface area contributed by atoms with Gasteiger partial charge in [0.2, 0.25) is 5.56 Å². The van der Waals surface area contributed by atoms with E-state index in [4.69, 9.17) is 0 Å². The number of aryl methyl sites for hydroxylation is 1. The lowest BCUT2D eigenvalue weighted by Gasteiger charge is -2.18. The lowest BCUT2D eigenvalue weighted by molar-refractivity contribution is 0.0780. The summed E-state index contributed by atoms with van der Waals surface area (Å²) in [4.78, 5) is 47.2. The van der Waals surface area contributed by atoms with E-state index in [0.29, 0.717) is 33.7 Å². The number of H-pyrrole nitrogens is 2. The Hall–Kier alpha value is -2.74. The highest BCUT2D eigenvalue weighted by atomic mass is 32.1. The average molecular weight is 344 g/mol. The molecule has 8 heteroatoms. The maximum Gasteiger partial charge on any atom is 0.268 e. The molecule has 0 aliphatic carbocycles. The fourth-order valence-electron chi connectivity index (χ4n) is 2.50. The predicted molar refractivity (Wildman–Crippen MR) is 92.5 cm³/mol. The van der Waals surface area contributed by atoms with Gasteiger partial charge in [0.25, 0.3) is 11.5 Å². The second kappa shape index (κ2) is 6.40. The number of aromatic nitrogens is 3. The van der Waals surface area contributed by atoms with Crippen molar-refractivity contribution in [3.63, 3.8) is 0 Å². The highest BCUT2D eigenvalue weighted by Gasteiger charge is 2.17. The van der Waals surface area contributed by atoms with Gasteiger partial charge in [0.05, 0.1) is 17.6 Å². The minimum Gasteiger partial charge on any atom is -0.334 e. The van der Waals surface area contributed by atoms with Crippen molar-refractivity contribution in [2.45, 2.75) is 19.9 Å². The van der Waals surface area contributed by atoms with Gasteiger partial charge in [-0.1, -0.05) is 6.92 Å². The quantitative estimate of drug-likeness (QED) is 0.749. The number of carbonyl (C=O) groups excluding carboxylic acids is 1. The molecule has 0 radical (unpaired) electrons. The van der Waals surface area contributed by atoms with E-state index >= 15 is 0 Å². The number of rotatable bonds is 4. The van der Waals surface area contributed by atoms with Crippen LogP contribution in [0.15, 0.2) is 33.2 Å². The average Bonchev–Trinajstić information content (AvgIpc) is 3.03. The fourth-order valence-corrected chi connectivity index (χ4v) is 3.22. The third-order valence-corrected chi connectivity index (χ3v) is 4.58. The van der Waals surface area contributed by atoms with Crippen LogP contribution in [0.4, 0.5) is 0 Å². The molecule has 3 heterocycles. The van der Waals surface area contributed by atoms with E-state index < -0.39 is 0 Å². The van der Waals surface area contributed by atoms with Crippen molar-refractivity contribution in [2.75, 3.05) is 7.05 Å². The molecule has 7 nitrogen and oxygen atoms in total. The third-order valence-electron chi connectivity index (χ3n) is 3.68. The third kappa shape index (κ3) is 3.00. The number of aromatic amines is 2. The first-order chi connectivity index (χ1) is 11.5. The molecule has 0 bridgehead atoms. The zero-order chi connectivity index (χ0) is 17.3. The first kappa shape index (κ1) is 16.1. The van der Waals surface area contributed by atoms with Crippen LogP contribution in [0.25, 0.3) is 10.2 Å². The molecule has 2 N–H and O–H groups in total. The summed E-state index contributed by atoms with van der Waals surface area (Å²) in [6.07, 6.45) is 0.543. The molecule has 3 aromatic rings. The number of hydrogen-bond donors (Lipinski definition) is 2. The van der Waals surface area contributed by atoms with Crippen LogP contribution >= 0.6 is 11.3 Å². The van der Waals surface area contributed by atoms with Gasteiger partial charge in [0.15, 0.2) is 0 Å². The molecular formula is C16H16N4O3S. The molecule has 0 saturated carbocycles. The standard InChI is InChI=1S/C16H16N4O3S/c1-3-10-9(4-5-13(21)18-10)16(23)20(2)8-12-17-11-6-7-24-14(11)15(22)19-12/h4-7H,3,8H2,1-2H3,(H,18,21)(H,17,19,22). The summed E-state index contributed by atoms with van der Waals surface area (Å²) in [7, 11) is 1.63. The van der Waals surface area contributed by atoms with Gasteiger partial charge in [-0.15, -0.1) is 11.3 Å². The zero-order valence-electron chi connectivity index (χ0n) is 13.3. The Bertz CT molecular complexity index is 1020. The molecule has 0 unspecified atom stereocenters. The Morgan fingerprint density at radius 3 is 2.79 bits per heavy atom.